The first-order valence-corrected chi connectivity index (χ1v) is 11.4. The van der Waals surface area contributed by atoms with Crippen molar-refractivity contribution in [1.82, 2.24) is 24.4 Å². The van der Waals surface area contributed by atoms with Crippen LogP contribution in [-0.4, -0.2) is 54.6 Å². The predicted molar refractivity (Wildman–Crippen MR) is 118 cm³/mol. The zero-order valence-electron chi connectivity index (χ0n) is 18.7. The lowest BCUT2D eigenvalue weighted by Crippen LogP contribution is -2.36. The average Bonchev–Trinajstić information content (AvgIpc) is 3.64. The van der Waals surface area contributed by atoms with E-state index in [9.17, 15) is 19.5 Å². The zero-order chi connectivity index (χ0) is 22.7. The van der Waals surface area contributed by atoms with E-state index in [-0.39, 0.29) is 23.4 Å². The van der Waals surface area contributed by atoms with Crippen LogP contribution in [0.3, 0.4) is 0 Å². The Balaban J connectivity index is 1.59. The predicted octanol–water partition coefficient (Wildman–Crippen LogP) is 1.69. The highest BCUT2D eigenvalue weighted by molar-refractivity contribution is 5.97. The van der Waals surface area contributed by atoms with E-state index in [2.05, 4.69) is 10.4 Å². The number of hydrogen-bond acceptors (Lipinski definition) is 5. The van der Waals surface area contributed by atoms with Crippen LogP contribution in [0.15, 0.2) is 10.9 Å². The van der Waals surface area contributed by atoms with Crippen LogP contribution in [0.1, 0.15) is 61.1 Å². The number of fused-ring (bicyclic) bond motifs is 2. The minimum absolute atomic E-state index is 0.0452. The van der Waals surface area contributed by atoms with Crippen LogP contribution in [0.4, 0.5) is 0 Å². The smallest absolute Gasteiger partial charge is 0.270 e. The molecule has 1 saturated heterocycles. The van der Waals surface area contributed by atoms with Crippen LogP contribution in [0.5, 0.6) is 5.88 Å². The normalized spacial score (nSPS) is 22.2. The molecule has 32 heavy (non-hydrogen) atoms. The molecule has 1 aliphatic heterocycles. The molecule has 5 rings (SSSR count). The van der Waals surface area contributed by atoms with Gasteiger partial charge in [0.2, 0.25) is 11.8 Å². The maximum Gasteiger partial charge on any atom is 0.270 e. The summed E-state index contributed by atoms with van der Waals surface area (Å²) in [4.78, 5) is 40.7. The number of aromatic hydroxyl groups is 1. The number of rotatable bonds is 6. The van der Waals surface area contributed by atoms with Crippen LogP contribution in [0.25, 0.3) is 11.7 Å². The van der Waals surface area contributed by atoms with Crippen LogP contribution in [0, 0.1) is 18.8 Å². The molecule has 2 aromatic rings. The Morgan fingerprint density at radius 1 is 1.28 bits per heavy atom. The van der Waals surface area contributed by atoms with Crippen molar-refractivity contribution in [2.45, 2.75) is 65.1 Å². The van der Waals surface area contributed by atoms with Gasteiger partial charge in [0, 0.05) is 36.8 Å². The highest BCUT2D eigenvalue weighted by Gasteiger charge is 2.48. The maximum absolute atomic E-state index is 13.3. The van der Waals surface area contributed by atoms with Crippen molar-refractivity contribution in [1.29, 1.82) is 0 Å². The fraction of sp³-hybridized carbons (Fsp3) is 0.565. The number of aromatic nitrogens is 3. The molecule has 3 heterocycles. The van der Waals surface area contributed by atoms with Crippen molar-refractivity contribution in [3.05, 3.63) is 33.3 Å². The number of amides is 2. The number of nitrogens with one attached hydrogen (secondary N) is 1. The van der Waals surface area contributed by atoms with E-state index in [4.69, 9.17) is 0 Å². The van der Waals surface area contributed by atoms with Gasteiger partial charge in [-0.2, -0.15) is 9.61 Å². The third kappa shape index (κ3) is 3.49. The number of aryl methyl sites for hydroxylation is 1. The molecule has 2 N–H and O–H groups in total. The lowest BCUT2D eigenvalue weighted by Gasteiger charge is -2.16. The van der Waals surface area contributed by atoms with Crippen LogP contribution < -0.4 is 10.9 Å². The van der Waals surface area contributed by atoms with Gasteiger partial charge in [0.15, 0.2) is 5.56 Å². The Labute approximate surface area is 185 Å². The number of nitrogens with zero attached hydrogens (tertiary/aromatic N) is 4. The fourth-order valence-corrected chi connectivity index (χ4v) is 4.70. The zero-order valence-corrected chi connectivity index (χ0v) is 18.7. The summed E-state index contributed by atoms with van der Waals surface area (Å²) in [7, 11) is 0. The Hall–Kier alpha value is -3.10. The fourth-order valence-electron chi connectivity index (χ4n) is 4.70. The summed E-state index contributed by atoms with van der Waals surface area (Å²) in [6.07, 6.45) is 7.10. The highest BCUT2D eigenvalue weighted by atomic mass is 16.3. The van der Waals surface area contributed by atoms with Crippen LogP contribution in [-0.2, 0) is 11.3 Å². The summed E-state index contributed by atoms with van der Waals surface area (Å²) in [6.45, 7) is 6.84. The van der Waals surface area contributed by atoms with Crippen molar-refractivity contribution in [3.63, 3.8) is 0 Å². The molecule has 9 nitrogen and oxygen atoms in total. The van der Waals surface area contributed by atoms with Gasteiger partial charge in [0.1, 0.15) is 5.65 Å². The summed E-state index contributed by atoms with van der Waals surface area (Å²) in [6, 6.07) is 0.420. The average molecular weight is 440 g/mol. The molecule has 2 amide bonds. The van der Waals surface area contributed by atoms with Crippen LogP contribution in [0.2, 0.25) is 0 Å². The molecule has 2 aliphatic carbocycles. The number of carbonyl (C=O) groups excluding carboxylic acids is 2. The Morgan fingerprint density at radius 2 is 2.03 bits per heavy atom. The molecule has 2 aromatic heterocycles. The summed E-state index contributed by atoms with van der Waals surface area (Å²) in [5.74, 6) is -0.332. The first-order chi connectivity index (χ1) is 15.3. The molecule has 2 saturated carbocycles. The molecule has 0 bridgehead atoms. The van der Waals surface area contributed by atoms with E-state index in [1.54, 1.807) is 13.0 Å². The number of likely N-dealkylation sites (tertiary alicyclic amines) is 1. The van der Waals surface area contributed by atoms with E-state index < -0.39 is 17.3 Å². The molecule has 2 atom stereocenters. The minimum Gasteiger partial charge on any atom is -0.492 e. The summed E-state index contributed by atoms with van der Waals surface area (Å²) in [5, 5.41) is 18.0. The van der Waals surface area contributed by atoms with Crippen molar-refractivity contribution < 1.29 is 14.7 Å². The van der Waals surface area contributed by atoms with Gasteiger partial charge in [-0.05, 0) is 50.5 Å². The molecule has 170 valence electrons. The van der Waals surface area contributed by atoms with Crippen LogP contribution >= 0.6 is 0 Å². The van der Waals surface area contributed by atoms with Gasteiger partial charge < -0.3 is 15.3 Å². The molecule has 0 radical (unpaired) electrons. The van der Waals surface area contributed by atoms with E-state index in [0.29, 0.717) is 35.4 Å². The molecule has 3 fully saturated rings. The van der Waals surface area contributed by atoms with Crippen molar-refractivity contribution in [2.24, 2.45) is 11.8 Å². The second-order valence-corrected chi connectivity index (χ2v) is 9.71. The molecule has 3 aliphatic rings. The second kappa shape index (κ2) is 7.50. The monoisotopic (exact) mass is 439 g/mol. The molecule has 9 heteroatoms. The Bertz CT molecular complexity index is 1200. The van der Waals surface area contributed by atoms with Crippen molar-refractivity contribution in [3.8, 4) is 5.88 Å². The summed E-state index contributed by atoms with van der Waals surface area (Å²) < 4.78 is 2.74. The first kappa shape index (κ1) is 20.8. The lowest BCUT2D eigenvalue weighted by molar-refractivity contribution is -0.125. The van der Waals surface area contributed by atoms with E-state index in [1.807, 2.05) is 18.7 Å². The van der Waals surface area contributed by atoms with Gasteiger partial charge >= 0.3 is 0 Å². The Morgan fingerprint density at radius 3 is 2.62 bits per heavy atom. The largest absolute Gasteiger partial charge is 0.492 e. The quantitative estimate of drug-likeness (QED) is 0.666. The molecular formula is C23H29N5O4. The topological polar surface area (TPSA) is 109 Å². The van der Waals surface area contributed by atoms with Gasteiger partial charge in [0.25, 0.3) is 11.5 Å². The van der Waals surface area contributed by atoms with E-state index in [1.165, 1.54) is 15.2 Å². The Kier molecular flexibility index (Phi) is 4.87. The summed E-state index contributed by atoms with van der Waals surface area (Å²) in [5.41, 5.74) is 0.689. The summed E-state index contributed by atoms with van der Waals surface area (Å²) >= 11 is 0. The van der Waals surface area contributed by atoms with E-state index >= 15 is 0 Å². The minimum atomic E-state index is -0.581. The molecule has 2 unspecified atom stereocenters. The number of piperidine rings is 1. The SMILES string of the molecule is Cc1nn2c(O)c(C(=O)NC3CC3)c(=O)n(CC(C)C)c2c1/C=C/C(=O)N1CCC2CC21. The maximum atomic E-state index is 13.3. The van der Waals surface area contributed by atoms with Gasteiger partial charge in [-0.1, -0.05) is 13.8 Å². The third-order valence-electron chi connectivity index (χ3n) is 6.61. The number of carbonyl (C=O) groups is 2. The van der Waals surface area contributed by atoms with Gasteiger partial charge in [-0.3, -0.25) is 19.0 Å². The molecular weight excluding hydrogens is 410 g/mol. The van der Waals surface area contributed by atoms with Crippen molar-refractivity contribution in [2.75, 3.05) is 6.54 Å². The third-order valence-corrected chi connectivity index (χ3v) is 6.61. The standard InChI is InChI=1S/C23H29N5O4/c1-12(2)11-27-21-16(6-7-18(29)26-9-8-14-10-17(14)26)13(3)25-28(21)23(32)19(22(27)31)20(30)24-15-4-5-15/h6-7,12,14-15,17,32H,4-5,8-11H2,1-3H3,(H,24,30)/b7-6+. The molecule has 0 spiro atoms. The lowest BCUT2D eigenvalue weighted by atomic mass is 10.1. The number of hydrogen-bond donors (Lipinski definition) is 2. The van der Waals surface area contributed by atoms with Crippen molar-refractivity contribution >= 4 is 23.5 Å². The van der Waals surface area contributed by atoms with Gasteiger partial charge in [-0.15, -0.1) is 0 Å². The molecule has 0 aromatic carbocycles. The van der Waals surface area contributed by atoms with Gasteiger partial charge in [-0.25, -0.2) is 0 Å². The second-order valence-electron chi connectivity index (χ2n) is 9.71. The van der Waals surface area contributed by atoms with Gasteiger partial charge in [0.05, 0.1) is 5.69 Å². The van der Waals surface area contributed by atoms with E-state index in [0.717, 1.165) is 32.2 Å². The highest BCUT2D eigenvalue weighted by Crippen LogP contribution is 2.44. The first-order valence-electron chi connectivity index (χ1n) is 11.4.